The Balaban J connectivity index is 4.16. The third-order valence-electron chi connectivity index (χ3n) is 2.04. The summed E-state index contributed by atoms with van der Waals surface area (Å²) in [5.41, 5.74) is 10.6. The van der Waals surface area contributed by atoms with E-state index >= 15 is 0 Å². The monoisotopic (exact) mass is 202 g/mol. The number of carbonyl (C=O) groups excluding carboxylic acids is 1. The van der Waals surface area contributed by atoms with Crippen molar-refractivity contribution < 1.29 is 14.7 Å². The summed E-state index contributed by atoms with van der Waals surface area (Å²) in [6.07, 6.45) is 1.70. The second kappa shape index (κ2) is 6.50. The summed E-state index contributed by atoms with van der Waals surface area (Å²) in [7, 11) is 0. The molecule has 0 aliphatic heterocycles. The molecule has 1 unspecified atom stereocenters. The SMILES string of the molecule is C[C@H](N)C(=O)C(CCCCN)C(=O)O. The van der Waals surface area contributed by atoms with Crippen LogP contribution in [0, 0.1) is 5.92 Å². The maximum absolute atomic E-state index is 11.3. The quantitative estimate of drug-likeness (QED) is 0.389. The van der Waals surface area contributed by atoms with Crippen molar-refractivity contribution >= 4 is 11.8 Å². The minimum atomic E-state index is -1.09. The normalized spacial score (nSPS) is 14.8. The fourth-order valence-corrected chi connectivity index (χ4v) is 1.20. The van der Waals surface area contributed by atoms with E-state index in [1.165, 1.54) is 6.92 Å². The zero-order chi connectivity index (χ0) is 11.1. The van der Waals surface area contributed by atoms with Crippen molar-refractivity contribution in [2.45, 2.75) is 32.2 Å². The van der Waals surface area contributed by atoms with Crippen molar-refractivity contribution in [1.82, 2.24) is 0 Å². The predicted octanol–water partition coefficient (Wildman–Crippen LogP) is -0.267. The van der Waals surface area contributed by atoms with Gasteiger partial charge in [0.25, 0.3) is 0 Å². The Morgan fingerprint density at radius 3 is 2.29 bits per heavy atom. The topological polar surface area (TPSA) is 106 Å². The van der Waals surface area contributed by atoms with Crippen LogP contribution in [-0.2, 0) is 9.59 Å². The third-order valence-corrected chi connectivity index (χ3v) is 2.04. The van der Waals surface area contributed by atoms with Crippen LogP contribution < -0.4 is 11.5 Å². The molecule has 0 aliphatic carbocycles. The minimum Gasteiger partial charge on any atom is -0.481 e. The highest BCUT2D eigenvalue weighted by atomic mass is 16.4. The first-order chi connectivity index (χ1) is 6.50. The van der Waals surface area contributed by atoms with Crippen LogP contribution in [0.4, 0.5) is 0 Å². The van der Waals surface area contributed by atoms with Crippen LogP contribution in [-0.4, -0.2) is 29.4 Å². The number of aliphatic carboxylic acids is 1. The number of Topliss-reactive ketones (excluding diaryl/α,β-unsaturated/α-hetero) is 1. The van der Waals surface area contributed by atoms with Crippen molar-refractivity contribution in [3.63, 3.8) is 0 Å². The van der Waals surface area contributed by atoms with Gasteiger partial charge in [0.1, 0.15) is 5.92 Å². The fourth-order valence-electron chi connectivity index (χ4n) is 1.20. The Labute approximate surface area is 83.5 Å². The predicted molar refractivity (Wildman–Crippen MR) is 52.7 cm³/mol. The summed E-state index contributed by atoms with van der Waals surface area (Å²) in [6.45, 7) is 2.01. The molecule has 0 fully saturated rings. The van der Waals surface area contributed by atoms with Gasteiger partial charge in [-0.3, -0.25) is 9.59 Å². The number of hydrogen-bond acceptors (Lipinski definition) is 4. The van der Waals surface area contributed by atoms with Gasteiger partial charge in [0.15, 0.2) is 5.78 Å². The molecule has 0 spiro atoms. The third kappa shape index (κ3) is 4.34. The number of hydrogen-bond donors (Lipinski definition) is 3. The first kappa shape index (κ1) is 13.1. The summed E-state index contributed by atoms with van der Waals surface area (Å²) in [6, 6.07) is -0.714. The highest BCUT2D eigenvalue weighted by Crippen LogP contribution is 2.11. The average molecular weight is 202 g/mol. The molecule has 0 saturated carbocycles. The molecule has 0 radical (unpaired) electrons. The van der Waals surface area contributed by atoms with Crippen LogP contribution in [0.1, 0.15) is 26.2 Å². The second-order valence-corrected chi connectivity index (χ2v) is 3.37. The Morgan fingerprint density at radius 2 is 1.93 bits per heavy atom. The maximum Gasteiger partial charge on any atom is 0.314 e. The molecule has 2 atom stereocenters. The second-order valence-electron chi connectivity index (χ2n) is 3.37. The van der Waals surface area contributed by atoms with Gasteiger partial charge in [-0.2, -0.15) is 0 Å². The molecule has 0 saturated heterocycles. The number of unbranched alkanes of at least 4 members (excludes halogenated alkanes) is 1. The molecular formula is C9H18N2O3. The van der Waals surface area contributed by atoms with Crippen molar-refractivity contribution in [3.8, 4) is 0 Å². The summed E-state index contributed by atoms with van der Waals surface area (Å²) in [5.74, 6) is -2.47. The summed E-state index contributed by atoms with van der Waals surface area (Å²) in [5, 5.41) is 8.78. The molecule has 0 aromatic carbocycles. The van der Waals surface area contributed by atoms with Crippen molar-refractivity contribution in [2.75, 3.05) is 6.54 Å². The van der Waals surface area contributed by atoms with E-state index in [4.69, 9.17) is 16.6 Å². The molecule has 5 nitrogen and oxygen atoms in total. The standard InChI is InChI=1S/C9H18N2O3/c1-6(11)8(12)7(9(13)14)4-2-3-5-10/h6-7H,2-5,10-11H2,1H3,(H,13,14)/t6-,7?/m0/s1. The van der Waals surface area contributed by atoms with Gasteiger partial charge >= 0.3 is 5.97 Å². The lowest BCUT2D eigenvalue weighted by molar-refractivity contribution is -0.146. The number of ketones is 1. The van der Waals surface area contributed by atoms with E-state index in [9.17, 15) is 9.59 Å². The Bertz CT molecular complexity index is 204. The molecule has 0 heterocycles. The lowest BCUT2D eigenvalue weighted by atomic mass is 9.94. The smallest absolute Gasteiger partial charge is 0.314 e. The van der Waals surface area contributed by atoms with Crippen molar-refractivity contribution in [1.29, 1.82) is 0 Å². The van der Waals surface area contributed by atoms with Gasteiger partial charge in [0.05, 0.1) is 6.04 Å². The summed E-state index contributed by atoms with van der Waals surface area (Å²) in [4.78, 5) is 22.1. The molecular weight excluding hydrogens is 184 g/mol. The van der Waals surface area contributed by atoms with Gasteiger partial charge in [-0.25, -0.2) is 0 Å². The fraction of sp³-hybridized carbons (Fsp3) is 0.778. The molecule has 0 amide bonds. The van der Waals surface area contributed by atoms with Gasteiger partial charge < -0.3 is 16.6 Å². The van der Waals surface area contributed by atoms with Gasteiger partial charge in [0.2, 0.25) is 0 Å². The molecule has 5 heteroatoms. The lowest BCUT2D eigenvalue weighted by Crippen LogP contribution is -2.36. The van der Waals surface area contributed by atoms with Crippen LogP contribution in [0.3, 0.4) is 0 Å². The highest BCUT2D eigenvalue weighted by molar-refractivity contribution is 6.00. The Morgan fingerprint density at radius 1 is 1.36 bits per heavy atom. The first-order valence-electron chi connectivity index (χ1n) is 4.73. The van der Waals surface area contributed by atoms with Gasteiger partial charge in [-0.1, -0.05) is 6.42 Å². The number of carboxylic acid groups (broad SMARTS) is 1. The van der Waals surface area contributed by atoms with Gasteiger partial charge in [-0.15, -0.1) is 0 Å². The largest absolute Gasteiger partial charge is 0.481 e. The number of nitrogens with two attached hydrogens (primary N) is 2. The molecule has 82 valence electrons. The van der Waals surface area contributed by atoms with E-state index in [2.05, 4.69) is 0 Å². The van der Waals surface area contributed by atoms with Crippen LogP contribution >= 0.6 is 0 Å². The van der Waals surface area contributed by atoms with Crippen LogP contribution in [0.5, 0.6) is 0 Å². The minimum absolute atomic E-state index is 0.326. The summed E-state index contributed by atoms with van der Waals surface area (Å²) < 4.78 is 0. The van der Waals surface area contributed by atoms with Crippen LogP contribution in [0.25, 0.3) is 0 Å². The van der Waals surface area contributed by atoms with E-state index in [1.54, 1.807) is 0 Å². The molecule has 0 rings (SSSR count). The average Bonchev–Trinajstić information content (AvgIpc) is 2.10. The lowest BCUT2D eigenvalue weighted by Gasteiger charge is -2.12. The molecule has 0 bridgehead atoms. The molecule has 14 heavy (non-hydrogen) atoms. The van der Waals surface area contributed by atoms with Gasteiger partial charge in [0, 0.05) is 0 Å². The number of rotatable bonds is 7. The number of carbonyl (C=O) groups is 2. The van der Waals surface area contributed by atoms with Crippen LogP contribution in [0.15, 0.2) is 0 Å². The molecule has 0 aromatic rings. The summed E-state index contributed by atoms with van der Waals surface area (Å²) >= 11 is 0. The zero-order valence-corrected chi connectivity index (χ0v) is 8.40. The Kier molecular flexibility index (Phi) is 6.07. The first-order valence-corrected chi connectivity index (χ1v) is 4.73. The van der Waals surface area contributed by atoms with E-state index < -0.39 is 23.7 Å². The number of carboxylic acids is 1. The molecule has 0 aliphatic rings. The van der Waals surface area contributed by atoms with Crippen LogP contribution in [0.2, 0.25) is 0 Å². The van der Waals surface area contributed by atoms with Crippen molar-refractivity contribution in [3.05, 3.63) is 0 Å². The maximum atomic E-state index is 11.3. The molecule has 0 aromatic heterocycles. The Hall–Kier alpha value is -0.940. The van der Waals surface area contributed by atoms with E-state index in [0.717, 1.165) is 6.42 Å². The van der Waals surface area contributed by atoms with E-state index in [1.807, 2.05) is 0 Å². The van der Waals surface area contributed by atoms with Crippen molar-refractivity contribution in [2.24, 2.45) is 17.4 Å². The highest BCUT2D eigenvalue weighted by Gasteiger charge is 2.27. The zero-order valence-electron chi connectivity index (χ0n) is 8.40. The molecule has 5 N–H and O–H groups in total. The van der Waals surface area contributed by atoms with Gasteiger partial charge in [-0.05, 0) is 26.3 Å². The van der Waals surface area contributed by atoms with E-state index in [-0.39, 0.29) is 0 Å². The van der Waals surface area contributed by atoms with E-state index in [0.29, 0.717) is 19.4 Å².